The van der Waals surface area contributed by atoms with Gasteiger partial charge in [-0.2, -0.15) is 0 Å². The number of carbonyl (C=O) groups excluding carboxylic acids is 1. The summed E-state index contributed by atoms with van der Waals surface area (Å²) in [6.07, 6.45) is 3.26. The van der Waals surface area contributed by atoms with Gasteiger partial charge in [0.15, 0.2) is 0 Å². The molecule has 0 unspecified atom stereocenters. The van der Waals surface area contributed by atoms with Gasteiger partial charge in [0.05, 0.1) is 22.0 Å². The first-order chi connectivity index (χ1) is 10.9. The molecule has 2 aromatic rings. The van der Waals surface area contributed by atoms with Gasteiger partial charge in [-0.25, -0.2) is 0 Å². The fourth-order valence-corrected chi connectivity index (χ4v) is 2.61. The fourth-order valence-electron chi connectivity index (χ4n) is 2.24. The summed E-state index contributed by atoms with van der Waals surface area (Å²) in [7, 11) is 0. The summed E-state index contributed by atoms with van der Waals surface area (Å²) in [6, 6.07) is 5.62. The maximum atomic E-state index is 12.5. The van der Waals surface area contributed by atoms with Gasteiger partial charge in [-0.05, 0) is 43.0 Å². The number of nitrogens with one attached hydrogen (secondary N) is 2. The number of aromatic nitrogens is 1. The largest absolute Gasteiger partial charge is 0.384 e. The Morgan fingerprint density at radius 3 is 2.61 bits per heavy atom. The van der Waals surface area contributed by atoms with Gasteiger partial charge in [0.25, 0.3) is 5.91 Å². The lowest BCUT2D eigenvalue weighted by molar-refractivity contribution is 0.102. The third-order valence-corrected chi connectivity index (χ3v) is 3.68. The van der Waals surface area contributed by atoms with E-state index < -0.39 is 0 Å². The predicted octanol–water partition coefficient (Wildman–Crippen LogP) is 4.67. The van der Waals surface area contributed by atoms with Gasteiger partial charge in [-0.1, -0.05) is 31.5 Å². The normalized spacial score (nSPS) is 10.7. The van der Waals surface area contributed by atoms with Gasteiger partial charge in [-0.15, -0.1) is 0 Å². The molecule has 4 nitrogen and oxygen atoms in total. The van der Waals surface area contributed by atoms with E-state index in [4.69, 9.17) is 11.6 Å². The smallest absolute Gasteiger partial charge is 0.257 e. The minimum atomic E-state index is -0.223. The molecule has 0 atom stereocenters. The molecular formula is C18H22ClN3O. The molecule has 0 fully saturated rings. The van der Waals surface area contributed by atoms with E-state index >= 15 is 0 Å². The Labute approximate surface area is 142 Å². The lowest BCUT2D eigenvalue weighted by Crippen LogP contribution is -2.15. The van der Waals surface area contributed by atoms with Gasteiger partial charge in [0.2, 0.25) is 0 Å². The molecule has 0 aliphatic rings. The SMILES string of the molecule is Cc1cc(C)c(NC(=O)c2cncc(NCC(C)C)c2)c(Cl)c1. The van der Waals surface area contributed by atoms with E-state index in [1.54, 1.807) is 18.5 Å². The highest BCUT2D eigenvalue weighted by Crippen LogP contribution is 2.27. The number of rotatable bonds is 5. The third kappa shape index (κ3) is 4.70. The van der Waals surface area contributed by atoms with E-state index in [9.17, 15) is 4.79 Å². The average molecular weight is 332 g/mol. The van der Waals surface area contributed by atoms with Crippen molar-refractivity contribution in [3.8, 4) is 0 Å². The number of nitrogens with zero attached hydrogens (tertiary/aromatic N) is 1. The molecule has 1 aromatic heterocycles. The second-order valence-electron chi connectivity index (χ2n) is 6.13. The number of amides is 1. The van der Waals surface area contributed by atoms with E-state index in [1.807, 2.05) is 26.0 Å². The number of halogens is 1. The quantitative estimate of drug-likeness (QED) is 0.837. The molecule has 0 saturated heterocycles. The molecule has 0 bridgehead atoms. The summed E-state index contributed by atoms with van der Waals surface area (Å²) in [5, 5.41) is 6.68. The molecule has 0 saturated carbocycles. The van der Waals surface area contributed by atoms with Gasteiger partial charge in [-0.3, -0.25) is 9.78 Å². The standard InChI is InChI=1S/C18H22ClN3O/c1-11(2)8-21-15-7-14(9-20-10-15)18(23)22-17-13(4)5-12(3)6-16(17)19/h5-7,9-11,21H,8H2,1-4H3,(H,22,23). The monoisotopic (exact) mass is 331 g/mol. The van der Waals surface area contributed by atoms with Crippen LogP contribution in [0.5, 0.6) is 0 Å². The lowest BCUT2D eigenvalue weighted by Gasteiger charge is -2.13. The molecule has 0 spiro atoms. The van der Waals surface area contributed by atoms with Crippen molar-refractivity contribution in [2.24, 2.45) is 5.92 Å². The van der Waals surface area contributed by atoms with Crippen LogP contribution in [-0.2, 0) is 0 Å². The first-order valence-corrected chi connectivity index (χ1v) is 8.01. The summed E-state index contributed by atoms with van der Waals surface area (Å²) in [4.78, 5) is 16.6. The van der Waals surface area contributed by atoms with Crippen molar-refractivity contribution >= 4 is 28.9 Å². The van der Waals surface area contributed by atoms with E-state index in [-0.39, 0.29) is 5.91 Å². The Kier molecular flexibility index (Phi) is 5.61. The van der Waals surface area contributed by atoms with E-state index in [0.717, 1.165) is 23.4 Å². The van der Waals surface area contributed by atoms with Crippen LogP contribution >= 0.6 is 11.6 Å². The second-order valence-corrected chi connectivity index (χ2v) is 6.54. The van der Waals surface area contributed by atoms with Crippen LogP contribution in [0.2, 0.25) is 5.02 Å². The zero-order valence-corrected chi connectivity index (χ0v) is 14.7. The highest BCUT2D eigenvalue weighted by molar-refractivity contribution is 6.34. The maximum Gasteiger partial charge on any atom is 0.257 e. The number of hydrogen-bond donors (Lipinski definition) is 2. The molecule has 1 amide bonds. The van der Waals surface area contributed by atoms with Crippen molar-refractivity contribution in [3.63, 3.8) is 0 Å². The molecule has 1 aromatic carbocycles. The summed E-state index contributed by atoms with van der Waals surface area (Å²) in [5.74, 6) is 0.293. The van der Waals surface area contributed by atoms with Gasteiger partial charge >= 0.3 is 0 Å². The Morgan fingerprint density at radius 1 is 1.22 bits per heavy atom. The van der Waals surface area contributed by atoms with Crippen molar-refractivity contribution in [2.75, 3.05) is 17.2 Å². The number of anilines is 2. The summed E-state index contributed by atoms with van der Waals surface area (Å²) in [6.45, 7) is 8.97. The van der Waals surface area contributed by atoms with Crippen LogP contribution in [0.25, 0.3) is 0 Å². The number of aryl methyl sites for hydroxylation is 2. The Bertz CT molecular complexity index is 690. The van der Waals surface area contributed by atoms with Gasteiger partial charge in [0, 0.05) is 18.9 Å². The zero-order chi connectivity index (χ0) is 17.0. The zero-order valence-electron chi connectivity index (χ0n) is 13.9. The molecule has 2 N–H and O–H groups in total. The Hall–Kier alpha value is -2.07. The van der Waals surface area contributed by atoms with E-state index in [1.165, 1.54) is 0 Å². The minimum absolute atomic E-state index is 0.223. The van der Waals surface area contributed by atoms with E-state index in [2.05, 4.69) is 29.5 Å². The molecule has 2 rings (SSSR count). The van der Waals surface area contributed by atoms with Crippen LogP contribution in [0, 0.1) is 19.8 Å². The van der Waals surface area contributed by atoms with Gasteiger partial charge < -0.3 is 10.6 Å². The number of benzene rings is 1. The number of carbonyl (C=O) groups is 1. The Balaban J connectivity index is 2.17. The average Bonchev–Trinajstić information content (AvgIpc) is 2.49. The molecular weight excluding hydrogens is 310 g/mol. The number of hydrogen-bond acceptors (Lipinski definition) is 3. The summed E-state index contributed by atoms with van der Waals surface area (Å²) >= 11 is 6.24. The fraction of sp³-hybridized carbons (Fsp3) is 0.333. The molecule has 0 aliphatic carbocycles. The molecule has 5 heteroatoms. The third-order valence-electron chi connectivity index (χ3n) is 3.39. The van der Waals surface area contributed by atoms with E-state index in [0.29, 0.717) is 22.2 Å². The van der Waals surface area contributed by atoms with Crippen molar-refractivity contribution < 1.29 is 4.79 Å². The van der Waals surface area contributed by atoms with Crippen LogP contribution in [0.3, 0.4) is 0 Å². The first kappa shape index (κ1) is 17.3. The highest BCUT2D eigenvalue weighted by Gasteiger charge is 2.12. The van der Waals surface area contributed by atoms with Crippen LogP contribution in [0.15, 0.2) is 30.6 Å². The summed E-state index contributed by atoms with van der Waals surface area (Å²) < 4.78 is 0. The van der Waals surface area contributed by atoms with Crippen molar-refractivity contribution in [1.29, 1.82) is 0 Å². The highest BCUT2D eigenvalue weighted by atomic mass is 35.5. The Morgan fingerprint density at radius 2 is 1.96 bits per heavy atom. The topological polar surface area (TPSA) is 54.0 Å². The summed E-state index contributed by atoms with van der Waals surface area (Å²) in [5.41, 5.74) is 3.97. The van der Waals surface area contributed by atoms with Crippen molar-refractivity contribution in [2.45, 2.75) is 27.7 Å². The second kappa shape index (κ2) is 7.47. The first-order valence-electron chi connectivity index (χ1n) is 7.64. The number of pyridine rings is 1. The molecule has 0 aliphatic heterocycles. The van der Waals surface area contributed by atoms with Crippen molar-refractivity contribution in [3.05, 3.63) is 52.3 Å². The van der Waals surface area contributed by atoms with Gasteiger partial charge in [0.1, 0.15) is 0 Å². The molecule has 1 heterocycles. The van der Waals surface area contributed by atoms with Crippen LogP contribution in [0.4, 0.5) is 11.4 Å². The predicted molar refractivity (Wildman–Crippen MR) is 96.4 cm³/mol. The minimum Gasteiger partial charge on any atom is -0.384 e. The lowest BCUT2D eigenvalue weighted by atomic mass is 10.1. The van der Waals surface area contributed by atoms with Crippen LogP contribution in [-0.4, -0.2) is 17.4 Å². The molecule has 23 heavy (non-hydrogen) atoms. The van der Waals surface area contributed by atoms with Crippen molar-refractivity contribution in [1.82, 2.24) is 4.98 Å². The molecule has 122 valence electrons. The van der Waals surface area contributed by atoms with Crippen LogP contribution in [0.1, 0.15) is 35.3 Å². The maximum absolute atomic E-state index is 12.5. The molecule has 0 radical (unpaired) electrons. The van der Waals surface area contributed by atoms with Crippen LogP contribution < -0.4 is 10.6 Å².